The molecule has 4 rings (SSSR count). The molecule has 0 aromatic heterocycles. The van der Waals surface area contributed by atoms with E-state index in [0.29, 0.717) is 15.7 Å². The molecule has 9 heteroatoms. The Morgan fingerprint density at radius 1 is 0.788 bits per heavy atom. The standard InChI is InChI=1S/C24H26Cl2N4O2S/c25-19-5-9-21(10-6-19)28-15-17-29(18-16-28)23-3-1-2-4-24(23)30(14-13-27)33(31,32)22-11-7-20(26)8-12-22/h1-12H,13-18,27H2. The van der Waals surface area contributed by atoms with Gasteiger partial charge in [0.1, 0.15) is 0 Å². The van der Waals surface area contributed by atoms with Gasteiger partial charge in [0, 0.05) is 55.0 Å². The van der Waals surface area contributed by atoms with Gasteiger partial charge >= 0.3 is 0 Å². The Hall–Kier alpha value is -2.45. The minimum Gasteiger partial charge on any atom is -0.368 e. The summed E-state index contributed by atoms with van der Waals surface area (Å²) in [5.41, 5.74) is 8.46. The first-order chi connectivity index (χ1) is 15.9. The van der Waals surface area contributed by atoms with E-state index in [1.165, 1.54) is 16.4 Å². The monoisotopic (exact) mass is 504 g/mol. The van der Waals surface area contributed by atoms with E-state index in [0.717, 1.165) is 37.6 Å². The van der Waals surface area contributed by atoms with Crippen LogP contribution in [0.25, 0.3) is 0 Å². The molecule has 1 fully saturated rings. The molecular formula is C24H26Cl2N4O2S. The highest BCUT2D eigenvalue weighted by Gasteiger charge is 2.28. The Morgan fingerprint density at radius 2 is 1.33 bits per heavy atom. The number of hydrogen-bond donors (Lipinski definition) is 1. The summed E-state index contributed by atoms with van der Waals surface area (Å²) in [5, 5.41) is 1.20. The van der Waals surface area contributed by atoms with E-state index < -0.39 is 10.0 Å². The van der Waals surface area contributed by atoms with Crippen LogP contribution < -0.4 is 19.8 Å². The van der Waals surface area contributed by atoms with Gasteiger partial charge in [-0.1, -0.05) is 35.3 Å². The van der Waals surface area contributed by atoms with Crippen molar-refractivity contribution in [1.29, 1.82) is 0 Å². The van der Waals surface area contributed by atoms with Gasteiger partial charge < -0.3 is 15.5 Å². The third-order valence-corrected chi connectivity index (χ3v) is 8.03. The Balaban J connectivity index is 1.60. The Labute approximate surface area is 205 Å². The summed E-state index contributed by atoms with van der Waals surface area (Å²) in [6, 6.07) is 21.6. The maximum atomic E-state index is 13.5. The molecule has 0 spiro atoms. The quantitative estimate of drug-likeness (QED) is 0.513. The topological polar surface area (TPSA) is 69.9 Å². The molecule has 33 heavy (non-hydrogen) atoms. The van der Waals surface area contributed by atoms with E-state index in [1.807, 2.05) is 48.5 Å². The van der Waals surface area contributed by atoms with Crippen molar-refractivity contribution in [3.05, 3.63) is 82.8 Å². The van der Waals surface area contributed by atoms with Crippen LogP contribution in [0.1, 0.15) is 0 Å². The summed E-state index contributed by atoms with van der Waals surface area (Å²) >= 11 is 12.0. The van der Waals surface area contributed by atoms with Crippen LogP contribution >= 0.6 is 23.2 Å². The molecule has 3 aromatic rings. The van der Waals surface area contributed by atoms with Gasteiger partial charge in [-0.15, -0.1) is 0 Å². The number of hydrogen-bond acceptors (Lipinski definition) is 5. The third kappa shape index (κ3) is 5.22. The van der Waals surface area contributed by atoms with Crippen LogP contribution in [0.4, 0.5) is 17.1 Å². The number of halogens is 2. The highest BCUT2D eigenvalue weighted by Crippen LogP contribution is 2.34. The molecule has 0 radical (unpaired) electrons. The lowest BCUT2D eigenvalue weighted by Gasteiger charge is -2.39. The van der Waals surface area contributed by atoms with Gasteiger partial charge in [0.15, 0.2) is 0 Å². The molecule has 0 saturated carbocycles. The lowest BCUT2D eigenvalue weighted by Crippen LogP contribution is -2.47. The van der Waals surface area contributed by atoms with Gasteiger partial charge in [-0.3, -0.25) is 4.31 Å². The second-order valence-electron chi connectivity index (χ2n) is 7.76. The molecule has 1 saturated heterocycles. The van der Waals surface area contributed by atoms with E-state index >= 15 is 0 Å². The average Bonchev–Trinajstić information content (AvgIpc) is 2.83. The van der Waals surface area contributed by atoms with Crippen LogP contribution in [-0.2, 0) is 10.0 Å². The highest BCUT2D eigenvalue weighted by molar-refractivity contribution is 7.92. The molecule has 6 nitrogen and oxygen atoms in total. The first-order valence-electron chi connectivity index (χ1n) is 10.7. The molecular weight excluding hydrogens is 479 g/mol. The number of nitrogens with two attached hydrogens (primary N) is 1. The van der Waals surface area contributed by atoms with E-state index in [4.69, 9.17) is 28.9 Å². The lowest BCUT2D eigenvalue weighted by molar-refractivity contribution is 0.590. The van der Waals surface area contributed by atoms with Crippen LogP contribution in [0, 0.1) is 0 Å². The first kappa shape index (κ1) is 23.7. The zero-order chi connectivity index (χ0) is 23.4. The number of rotatable bonds is 7. The molecule has 1 aliphatic heterocycles. The van der Waals surface area contributed by atoms with Gasteiger partial charge in [-0.25, -0.2) is 8.42 Å². The average molecular weight is 505 g/mol. The molecule has 0 amide bonds. The van der Waals surface area contributed by atoms with E-state index in [9.17, 15) is 8.42 Å². The van der Waals surface area contributed by atoms with E-state index in [1.54, 1.807) is 12.1 Å². The Kier molecular flexibility index (Phi) is 7.34. The maximum Gasteiger partial charge on any atom is 0.264 e. The van der Waals surface area contributed by atoms with Crippen LogP contribution in [0.15, 0.2) is 77.7 Å². The molecule has 0 aliphatic carbocycles. The number of para-hydroxylation sites is 2. The lowest BCUT2D eigenvalue weighted by atomic mass is 10.2. The largest absolute Gasteiger partial charge is 0.368 e. The van der Waals surface area contributed by atoms with Crippen molar-refractivity contribution in [1.82, 2.24) is 0 Å². The summed E-state index contributed by atoms with van der Waals surface area (Å²) < 4.78 is 28.4. The van der Waals surface area contributed by atoms with Crippen LogP contribution in [0.5, 0.6) is 0 Å². The van der Waals surface area contributed by atoms with Crippen LogP contribution in [-0.4, -0.2) is 47.7 Å². The molecule has 1 aliphatic rings. The fourth-order valence-electron chi connectivity index (χ4n) is 4.02. The zero-order valence-electron chi connectivity index (χ0n) is 18.1. The predicted octanol–water partition coefficient (Wildman–Crippen LogP) is 4.47. The van der Waals surface area contributed by atoms with Crippen molar-refractivity contribution in [3.63, 3.8) is 0 Å². The summed E-state index contributed by atoms with van der Waals surface area (Å²) in [6.45, 7) is 3.53. The number of piperazine rings is 1. The smallest absolute Gasteiger partial charge is 0.264 e. The number of sulfonamides is 1. The molecule has 1 heterocycles. The second-order valence-corrected chi connectivity index (χ2v) is 10.5. The zero-order valence-corrected chi connectivity index (χ0v) is 20.4. The van der Waals surface area contributed by atoms with E-state index in [2.05, 4.69) is 9.80 Å². The number of nitrogens with zero attached hydrogens (tertiary/aromatic N) is 3. The fourth-order valence-corrected chi connectivity index (χ4v) is 5.77. The maximum absolute atomic E-state index is 13.5. The molecule has 0 atom stereocenters. The highest BCUT2D eigenvalue weighted by atomic mass is 35.5. The summed E-state index contributed by atoms with van der Waals surface area (Å²) in [6.07, 6.45) is 0. The van der Waals surface area contributed by atoms with Crippen LogP contribution in [0.2, 0.25) is 10.0 Å². The van der Waals surface area contributed by atoms with Gasteiger partial charge in [0.05, 0.1) is 16.3 Å². The molecule has 0 bridgehead atoms. The van der Waals surface area contributed by atoms with Crippen LogP contribution in [0.3, 0.4) is 0 Å². The summed E-state index contributed by atoms with van der Waals surface area (Å²) in [4.78, 5) is 4.71. The van der Waals surface area contributed by atoms with Crippen molar-refractivity contribution >= 4 is 50.3 Å². The molecule has 174 valence electrons. The Morgan fingerprint density at radius 3 is 1.94 bits per heavy atom. The normalized spacial score (nSPS) is 14.4. The van der Waals surface area contributed by atoms with Gasteiger partial charge in [0.25, 0.3) is 10.0 Å². The molecule has 3 aromatic carbocycles. The number of anilines is 3. The number of benzene rings is 3. The fraction of sp³-hybridized carbons (Fsp3) is 0.250. The van der Waals surface area contributed by atoms with Gasteiger partial charge in [-0.05, 0) is 60.7 Å². The van der Waals surface area contributed by atoms with Crippen molar-refractivity contribution in [2.24, 2.45) is 5.73 Å². The Bertz CT molecular complexity index is 1180. The minimum absolute atomic E-state index is 0.173. The second kappa shape index (κ2) is 10.2. The van der Waals surface area contributed by atoms with Gasteiger partial charge in [-0.2, -0.15) is 0 Å². The van der Waals surface area contributed by atoms with Crippen molar-refractivity contribution in [2.45, 2.75) is 4.90 Å². The van der Waals surface area contributed by atoms with E-state index in [-0.39, 0.29) is 18.0 Å². The molecule has 0 unspecified atom stereocenters. The first-order valence-corrected chi connectivity index (χ1v) is 12.9. The summed E-state index contributed by atoms with van der Waals surface area (Å²) in [5.74, 6) is 0. The molecule has 2 N–H and O–H groups in total. The SMILES string of the molecule is NCCN(c1ccccc1N1CCN(c2ccc(Cl)cc2)CC1)S(=O)(=O)c1ccc(Cl)cc1. The minimum atomic E-state index is -3.81. The van der Waals surface area contributed by atoms with Crippen molar-refractivity contribution in [3.8, 4) is 0 Å². The van der Waals surface area contributed by atoms with Crippen molar-refractivity contribution in [2.75, 3.05) is 53.4 Å². The van der Waals surface area contributed by atoms with Gasteiger partial charge in [0.2, 0.25) is 0 Å². The third-order valence-electron chi connectivity index (χ3n) is 5.70. The van der Waals surface area contributed by atoms with Crippen molar-refractivity contribution < 1.29 is 8.42 Å². The predicted molar refractivity (Wildman–Crippen MR) is 137 cm³/mol. The summed E-state index contributed by atoms with van der Waals surface area (Å²) in [7, 11) is -3.81.